The fourth-order valence-corrected chi connectivity index (χ4v) is 3.81. The summed E-state index contributed by atoms with van der Waals surface area (Å²) in [4.78, 5) is 14.0. The van der Waals surface area contributed by atoms with Gasteiger partial charge in [0.05, 0.1) is 18.0 Å². The maximum Gasteiger partial charge on any atom is 0.253 e. The zero-order valence-electron chi connectivity index (χ0n) is 15.4. The van der Waals surface area contributed by atoms with E-state index in [9.17, 15) is 13.2 Å². The van der Waals surface area contributed by atoms with Gasteiger partial charge in [0.2, 0.25) is 0 Å². The second kappa shape index (κ2) is 7.39. The fourth-order valence-electron chi connectivity index (χ4n) is 2.71. The molecule has 0 aliphatic carbocycles. The minimum absolute atomic E-state index is 0.0503. The number of rotatable bonds is 6. The van der Waals surface area contributed by atoms with E-state index in [-0.39, 0.29) is 17.7 Å². The van der Waals surface area contributed by atoms with Crippen molar-refractivity contribution in [2.24, 2.45) is 0 Å². The van der Waals surface area contributed by atoms with Gasteiger partial charge in [-0.15, -0.1) is 0 Å². The molecule has 0 N–H and O–H groups in total. The highest BCUT2D eigenvalue weighted by molar-refractivity contribution is 7.90. The van der Waals surface area contributed by atoms with Gasteiger partial charge in [0, 0.05) is 30.6 Å². The van der Waals surface area contributed by atoms with Gasteiger partial charge in [0.1, 0.15) is 9.84 Å². The third-order valence-electron chi connectivity index (χ3n) is 4.16. The number of nitrogens with zero attached hydrogens (tertiary/aromatic N) is 3. The first-order chi connectivity index (χ1) is 11.6. The number of benzene rings is 1. The highest BCUT2D eigenvalue weighted by atomic mass is 32.2. The van der Waals surface area contributed by atoms with Crippen molar-refractivity contribution in [2.75, 3.05) is 19.1 Å². The zero-order valence-corrected chi connectivity index (χ0v) is 16.2. The van der Waals surface area contributed by atoms with Crippen molar-refractivity contribution in [3.05, 3.63) is 52.8 Å². The standard InChI is InChI=1S/C18H25N3O3S/c1-13-10-14(2)21(19-13)11-16-6-8-17(9-7-16)18(22)20(4)15(3)12-25(5,23)24/h6-10,15H,11-12H2,1-5H3. The minimum Gasteiger partial charge on any atom is -0.338 e. The Kier molecular flexibility index (Phi) is 5.67. The van der Waals surface area contributed by atoms with Crippen molar-refractivity contribution in [3.8, 4) is 0 Å². The fraction of sp³-hybridized carbons (Fsp3) is 0.444. The predicted octanol–water partition coefficient (Wildman–Crippen LogP) is 2.05. The molecule has 0 aliphatic rings. The van der Waals surface area contributed by atoms with Crippen LogP contribution in [0.3, 0.4) is 0 Å². The van der Waals surface area contributed by atoms with E-state index >= 15 is 0 Å². The average Bonchev–Trinajstić information content (AvgIpc) is 2.82. The normalized spacial score (nSPS) is 12.8. The number of hydrogen-bond donors (Lipinski definition) is 0. The molecule has 7 heteroatoms. The van der Waals surface area contributed by atoms with Gasteiger partial charge < -0.3 is 4.90 Å². The second-order valence-electron chi connectivity index (χ2n) is 6.64. The second-order valence-corrected chi connectivity index (χ2v) is 8.82. The van der Waals surface area contributed by atoms with Crippen LogP contribution in [0.15, 0.2) is 30.3 Å². The van der Waals surface area contributed by atoms with Gasteiger partial charge in [-0.3, -0.25) is 9.48 Å². The van der Waals surface area contributed by atoms with Gasteiger partial charge >= 0.3 is 0 Å². The molecule has 2 rings (SSSR count). The van der Waals surface area contributed by atoms with Crippen LogP contribution in [0.25, 0.3) is 0 Å². The lowest BCUT2D eigenvalue weighted by Crippen LogP contribution is -2.39. The van der Waals surface area contributed by atoms with E-state index < -0.39 is 9.84 Å². The number of amides is 1. The van der Waals surface area contributed by atoms with Gasteiger partial charge in [-0.25, -0.2) is 8.42 Å². The van der Waals surface area contributed by atoms with Crippen molar-refractivity contribution in [2.45, 2.75) is 33.4 Å². The van der Waals surface area contributed by atoms with Crippen molar-refractivity contribution in [3.63, 3.8) is 0 Å². The number of aromatic nitrogens is 2. The third-order valence-corrected chi connectivity index (χ3v) is 5.25. The monoisotopic (exact) mass is 363 g/mol. The van der Waals surface area contributed by atoms with Gasteiger partial charge in [-0.1, -0.05) is 12.1 Å². The summed E-state index contributed by atoms with van der Waals surface area (Å²) in [6.45, 7) is 6.35. The lowest BCUT2D eigenvalue weighted by atomic mass is 10.1. The van der Waals surface area contributed by atoms with Crippen molar-refractivity contribution < 1.29 is 13.2 Å². The Morgan fingerprint density at radius 1 is 1.24 bits per heavy atom. The molecule has 136 valence electrons. The molecular weight excluding hydrogens is 338 g/mol. The Balaban J connectivity index is 2.08. The van der Waals surface area contributed by atoms with Crippen molar-refractivity contribution in [1.29, 1.82) is 0 Å². The van der Waals surface area contributed by atoms with Crippen LogP contribution >= 0.6 is 0 Å². The highest BCUT2D eigenvalue weighted by Gasteiger charge is 2.20. The van der Waals surface area contributed by atoms with E-state index in [2.05, 4.69) is 5.10 Å². The predicted molar refractivity (Wildman–Crippen MR) is 98.5 cm³/mol. The molecule has 1 amide bonds. The van der Waals surface area contributed by atoms with E-state index in [0.29, 0.717) is 12.1 Å². The lowest BCUT2D eigenvalue weighted by Gasteiger charge is -2.24. The summed E-state index contributed by atoms with van der Waals surface area (Å²) in [5.41, 5.74) is 3.66. The third kappa shape index (κ3) is 5.16. The van der Waals surface area contributed by atoms with Gasteiger partial charge in [0.25, 0.3) is 5.91 Å². The van der Waals surface area contributed by atoms with E-state index in [4.69, 9.17) is 0 Å². The molecule has 1 heterocycles. The summed E-state index contributed by atoms with van der Waals surface area (Å²) in [5, 5.41) is 4.43. The molecule has 0 radical (unpaired) electrons. The van der Waals surface area contributed by atoms with Crippen LogP contribution in [0.2, 0.25) is 0 Å². The first kappa shape index (κ1) is 19.2. The van der Waals surface area contributed by atoms with E-state index in [1.807, 2.05) is 36.7 Å². The van der Waals surface area contributed by atoms with Crippen LogP contribution in [-0.2, 0) is 16.4 Å². The Bertz CT molecular complexity index is 854. The van der Waals surface area contributed by atoms with Crippen LogP contribution in [0, 0.1) is 13.8 Å². The van der Waals surface area contributed by atoms with Crippen LogP contribution in [0.1, 0.15) is 34.2 Å². The molecule has 1 unspecified atom stereocenters. The van der Waals surface area contributed by atoms with E-state index in [1.165, 1.54) is 11.2 Å². The highest BCUT2D eigenvalue weighted by Crippen LogP contribution is 2.12. The SMILES string of the molecule is Cc1cc(C)n(Cc2ccc(C(=O)N(C)C(C)CS(C)(=O)=O)cc2)n1. The number of carbonyl (C=O) groups is 1. The Morgan fingerprint density at radius 2 is 1.84 bits per heavy atom. The Hall–Kier alpha value is -2.15. The van der Waals surface area contributed by atoms with E-state index in [1.54, 1.807) is 26.1 Å². The summed E-state index contributed by atoms with van der Waals surface area (Å²) in [6, 6.07) is 8.99. The van der Waals surface area contributed by atoms with Gasteiger partial charge in [-0.2, -0.15) is 5.10 Å². The number of hydrogen-bond acceptors (Lipinski definition) is 4. The summed E-state index contributed by atoms with van der Waals surface area (Å²) >= 11 is 0. The number of carbonyl (C=O) groups excluding carboxylic acids is 1. The number of aryl methyl sites for hydroxylation is 2. The maximum absolute atomic E-state index is 12.5. The maximum atomic E-state index is 12.5. The lowest BCUT2D eigenvalue weighted by molar-refractivity contribution is 0.0757. The molecule has 2 aromatic rings. The molecule has 1 atom stereocenters. The van der Waals surface area contributed by atoms with Crippen LogP contribution in [-0.4, -0.2) is 54.1 Å². The van der Waals surface area contributed by atoms with Gasteiger partial charge in [-0.05, 0) is 44.5 Å². The number of sulfone groups is 1. The first-order valence-electron chi connectivity index (χ1n) is 8.11. The Labute approximate surface area is 149 Å². The quantitative estimate of drug-likeness (QED) is 0.787. The molecule has 0 aliphatic heterocycles. The van der Waals surface area contributed by atoms with Crippen LogP contribution < -0.4 is 0 Å². The molecule has 0 saturated heterocycles. The smallest absolute Gasteiger partial charge is 0.253 e. The molecule has 6 nitrogen and oxygen atoms in total. The van der Waals surface area contributed by atoms with E-state index in [0.717, 1.165) is 17.0 Å². The van der Waals surface area contributed by atoms with Gasteiger partial charge in [0.15, 0.2) is 0 Å². The molecule has 25 heavy (non-hydrogen) atoms. The molecule has 0 saturated carbocycles. The minimum atomic E-state index is -3.13. The molecule has 1 aromatic carbocycles. The average molecular weight is 363 g/mol. The van der Waals surface area contributed by atoms with Crippen LogP contribution in [0.4, 0.5) is 0 Å². The molecule has 0 fully saturated rings. The summed E-state index contributed by atoms with van der Waals surface area (Å²) in [5.74, 6) is -0.237. The molecule has 0 spiro atoms. The summed E-state index contributed by atoms with van der Waals surface area (Å²) in [7, 11) is -1.50. The van der Waals surface area contributed by atoms with Crippen molar-refractivity contribution >= 4 is 15.7 Å². The summed E-state index contributed by atoms with van der Waals surface area (Å²) < 4.78 is 24.7. The Morgan fingerprint density at radius 3 is 2.32 bits per heavy atom. The summed E-state index contributed by atoms with van der Waals surface area (Å²) in [6.07, 6.45) is 1.18. The molecule has 0 bridgehead atoms. The molecular formula is C18H25N3O3S. The zero-order chi connectivity index (χ0) is 18.8. The largest absolute Gasteiger partial charge is 0.338 e. The topological polar surface area (TPSA) is 72.3 Å². The van der Waals surface area contributed by atoms with Crippen LogP contribution in [0.5, 0.6) is 0 Å². The molecule has 1 aromatic heterocycles. The first-order valence-corrected chi connectivity index (χ1v) is 10.2. The van der Waals surface area contributed by atoms with Crippen molar-refractivity contribution in [1.82, 2.24) is 14.7 Å².